The van der Waals surface area contributed by atoms with E-state index < -0.39 is 6.04 Å². The summed E-state index contributed by atoms with van der Waals surface area (Å²) in [6, 6.07) is 23.9. The lowest BCUT2D eigenvalue weighted by Crippen LogP contribution is -2.35. The van der Waals surface area contributed by atoms with Crippen molar-refractivity contribution in [2.75, 3.05) is 14.2 Å². The highest BCUT2D eigenvalue weighted by Gasteiger charge is 2.32. The van der Waals surface area contributed by atoms with Crippen LogP contribution < -0.4 is 15.4 Å². The number of carbonyl (C=O) groups excluding carboxylic acids is 1. The van der Waals surface area contributed by atoms with Gasteiger partial charge in [-0.1, -0.05) is 48.5 Å². The molecular formula is C27H26N4O2. The molecule has 6 nitrogen and oxygen atoms in total. The van der Waals surface area contributed by atoms with Crippen LogP contribution in [0, 0.1) is 0 Å². The Kier molecular flexibility index (Phi) is 5.77. The summed E-state index contributed by atoms with van der Waals surface area (Å²) in [6.45, 7) is 1.35. The highest BCUT2D eigenvalue weighted by Crippen LogP contribution is 2.30. The van der Waals surface area contributed by atoms with Crippen LogP contribution in [0.15, 0.2) is 79.1 Å². The van der Waals surface area contributed by atoms with E-state index in [0.717, 1.165) is 34.8 Å². The van der Waals surface area contributed by atoms with Crippen LogP contribution in [0.25, 0.3) is 16.8 Å². The molecule has 0 bridgehead atoms. The fourth-order valence-corrected chi connectivity index (χ4v) is 4.41. The molecule has 1 aliphatic rings. The van der Waals surface area contributed by atoms with Gasteiger partial charge in [0.25, 0.3) is 0 Å². The first kappa shape index (κ1) is 21.1. The predicted molar refractivity (Wildman–Crippen MR) is 129 cm³/mol. The van der Waals surface area contributed by atoms with Crippen molar-refractivity contribution >= 4 is 5.78 Å². The minimum absolute atomic E-state index is 0.0212. The van der Waals surface area contributed by atoms with Crippen LogP contribution in [0.3, 0.4) is 0 Å². The van der Waals surface area contributed by atoms with Crippen molar-refractivity contribution in [1.82, 2.24) is 20.2 Å². The van der Waals surface area contributed by atoms with Crippen LogP contribution in [0.2, 0.25) is 0 Å². The molecule has 1 aliphatic heterocycles. The molecule has 0 spiro atoms. The maximum absolute atomic E-state index is 13.5. The molecule has 4 aromatic rings. The maximum Gasteiger partial charge on any atom is 0.202 e. The third kappa shape index (κ3) is 3.95. The number of imidazole rings is 1. The first-order valence-corrected chi connectivity index (χ1v) is 11.0. The number of hydrogen-bond donors (Lipinski definition) is 2. The Morgan fingerprint density at radius 3 is 2.55 bits per heavy atom. The molecule has 1 unspecified atom stereocenters. The number of fused-ring (bicyclic) bond motifs is 1. The molecular weight excluding hydrogens is 412 g/mol. The highest BCUT2D eigenvalue weighted by atomic mass is 16.5. The molecule has 2 heterocycles. The quantitative estimate of drug-likeness (QED) is 0.470. The molecule has 0 radical (unpaired) electrons. The van der Waals surface area contributed by atoms with Crippen molar-refractivity contribution in [3.05, 3.63) is 102 Å². The number of nitrogens with zero attached hydrogens (tertiary/aromatic N) is 2. The Morgan fingerprint density at radius 1 is 1.06 bits per heavy atom. The van der Waals surface area contributed by atoms with Gasteiger partial charge in [-0.25, -0.2) is 4.98 Å². The molecule has 5 rings (SSSR count). The zero-order valence-electron chi connectivity index (χ0n) is 18.7. The normalized spacial score (nSPS) is 15.3. The van der Waals surface area contributed by atoms with Crippen LogP contribution in [-0.2, 0) is 13.1 Å². The lowest BCUT2D eigenvalue weighted by molar-refractivity contribution is 0.0922. The Hall–Kier alpha value is -3.74. The van der Waals surface area contributed by atoms with E-state index in [-0.39, 0.29) is 5.78 Å². The number of benzene rings is 3. The van der Waals surface area contributed by atoms with E-state index in [1.165, 1.54) is 11.1 Å². The second-order valence-corrected chi connectivity index (χ2v) is 8.10. The van der Waals surface area contributed by atoms with Gasteiger partial charge in [-0.3, -0.25) is 14.7 Å². The molecule has 0 aliphatic carbocycles. The van der Waals surface area contributed by atoms with E-state index in [9.17, 15) is 4.79 Å². The van der Waals surface area contributed by atoms with Crippen molar-refractivity contribution in [3.8, 4) is 22.6 Å². The number of rotatable bonds is 6. The number of carbonyl (C=O) groups is 1. The van der Waals surface area contributed by atoms with Gasteiger partial charge in [0, 0.05) is 18.8 Å². The maximum atomic E-state index is 13.5. The van der Waals surface area contributed by atoms with Crippen molar-refractivity contribution in [2.24, 2.45) is 0 Å². The fourth-order valence-electron chi connectivity index (χ4n) is 4.41. The minimum atomic E-state index is -0.409. The number of Topliss-reactive ketones (excluding diaryl/α,β-unsaturated/α-hetero) is 1. The fraction of sp³-hybridized carbons (Fsp3) is 0.185. The van der Waals surface area contributed by atoms with Gasteiger partial charge in [-0.05, 0) is 53.6 Å². The predicted octanol–water partition coefficient (Wildman–Crippen LogP) is 4.29. The smallest absolute Gasteiger partial charge is 0.202 e. The second kappa shape index (κ2) is 9.02. The van der Waals surface area contributed by atoms with Gasteiger partial charge >= 0.3 is 0 Å². The number of nitrogens with one attached hydrogen (secondary N) is 2. The number of aromatic nitrogens is 2. The van der Waals surface area contributed by atoms with E-state index in [0.29, 0.717) is 12.2 Å². The molecule has 0 saturated carbocycles. The zero-order valence-corrected chi connectivity index (χ0v) is 18.7. The molecule has 1 aromatic heterocycles. The summed E-state index contributed by atoms with van der Waals surface area (Å²) in [6.07, 6.45) is 1.72. The van der Waals surface area contributed by atoms with E-state index in [2.05, 4.69) is 52.0 Å². The van der Waals surface area contributed by atoms with Gasteiger partial charge in [0.2, 0.25) is 5.78 Å². The van der Waals surface area contributed by atoms with Crippen molar-refractivity contribution in [3.63, 3.8) is 0 Å². The minimum Gasteiger partial charge on any atom is -0.497 e. The Morgan fingerprint density at radius 2 is 1.82 bits per heavy atom. The summed E-state index contributed by atoms with van der Waals surface area (Å²) in [5.74, 6) is 0.794. The third-order valence-corrected chi connectivity index (χ3v) is 6.10. The van der Waals surface area contributed by atoms with Crippen molar-refractivity contribution < 1.29 is 9.53 Å². The van der Waals surface area contributed by atoms with Crippen LogP contribution in [0.4, 0.5) is 0 Å². The Bertz CT molecular complexity index is 1280. The average molecular weight is 439 g/mol. The summed E-state index contributed by atoms with van der Waals surface area (Å²) in [7, 11) is 3.59. The highest BCUT2D eigenvalue weighted by molar-refractivity contribution is 6.01. The molecule has 2 N–H and O–H groups in total. The first-order chi connectivity index (χ1) is 16.2. The van der Waals surface area contributed by atoms with Gasteiger partial charge in [-0.15, -0.1) is 0 Å². The molecule has 166 valence electrons. The van der Waals surface area contributed by atoms with Crippen molar-refractivity contribution in [2.45, 2.75) is 19.1 Å². The average Bonchev–Trinajstić information content (AvgIpc) is 3.30. The Labute approximate surface area is 193 Å². The van der Waals surface area contributed by atoms with E-state index in [1.54, 1.807) is 13.4 Å². The van der Waals surface area contributed by atoms with Gasteiger partial charge in [0.05, 0.1) is 18.8 Å². The molecule has 3 aromatic carbocycles. The Balaban J connectivity index is 1.44. The number of hydrogen-bond acceptors (Lipinski definition) is 5. The van der Waals surface area contributed by atoms with Gasteiger partial charge in [-0.2, -0.15) is 0 Å². The molecule has 0 saturated heterocycles. The molecule has 1 atom stereocenters. The topological polar surface area (TPSA) is 68.2 Å². The second-order valence-electron chi connectivity index (χ2n) is 8.10. The summed E-state index contributed by atoms with van der Waals surface area (Å²) in [5, 5.41) is 6.59. The summed E-state index contributed by atoms with van der Waals surface area (Å²) < 4.78 is 7.12. The summed E-state index contributed by atoms with van der Waals surface area (Å²) >= 11 is 0. The van der Waals surface area contributed by atoms with Gasteiger partial charge < -0.3 is 10.1 Å². The molecule has 33 heavy (non-hydrogen) atoms. The van der Waals surface area contributed by atoms with Gasteiger partial charge in [0.1, 0.15) is 17.8 Å². The SMILES string of the molecule is CNCc1ccccc1-c1ccc(C2NCc3ncn(-c4ccc(OC)cc4)c3C2=O)cc1. The van der Waals surface area contributed by atoms with Crippen LogP contribution >= 0.6 is 0 Å². The first-order valence-electron chi connectivity index (χ1n) is 11.0. The zero-order chi connectivity index (χ0) is 22.8. The standard InChI is InChI=1S/C27H26N4O2/c1-28-15-20-5-3-4-6-23(20)18-7-9-19(10-8-18)25-27(32)26-24(16-29-25)30-17-31(26)21-11-13-22(33-2)14-12-21/h3-14,17,25,28-29H,15-16H2,1-2H3. The number of ketones is 1. The molecule has 0 fully saturated rings. The van der Waals surface area contributed by atoms with Gasteiger partial charge in [0.15, 0.2) is 0 Å². The van der Waals surface area contributed by atoms with Crippen LogP contribution in [-0.4, -0.2) is 29.5 Å². The number of ether oxygens (including phenoxy) is 1. The van der Waals surface area contributed by atoms with E-state index in [4.69, 9.17) is 4.74 Å². The monoisotopic (exact) mass is 438 g/mol. The summed E-state index contributed by atoms with van der Waals surface area (Å²) in [5.41, 5.74) is 6.81. The van der Waals surface area contributed by atoms with Crippen LogP contribution in [0.1, 0.15) is 33.4 Å². The van der Waals surface area contributed by atoms with E-state index >= 15 is 0 Å². The van der Waals surface area contributed by atoms with E-state index in [1.807, 2.05) is 48.0 Å². The number of methoxy groups -OCH3 is 1. The lowest BCUT2D eigenvalue weighted by Gasteiger charge is -2.24. The lowest BCUT2D eigenvalue weighted by atomic mass is 9.93. The molecule has 6 heteroatoms. The third-order valence-electron chi connectivity index (χ3n) is 6.10. The van der Waals surface area contributed by atoms with Crippen LogP contribution in [0.5, 0.6) is 5.75 Å². The molecule has 0 amide bonds. The summed E-state index contributed by atoms with van der Waals surface area (Å²) in [4.78, 5) is 18.0. The van der Waals surface area contributed by atoms with Crippen molar-refractivity contribution in [1.29, 1.82) is 0 Å². The largest absolute Gasteiger partial charge is 0.497 e.